The molecule has 0 spiro atoms. The van der Waals surface area contributed by atoms with Crippen molar-refractivity contribution in [2.45, 2.75) is 0 Å². The molecule has 0 fully saturated rings. The van der Waals surface area contributed by atoms with E-state index in [0.29, 0.717) is 6.61 Å². The molecule has 0 aromatic rings. The smallest absolute Gasteiger partial charge is 0.329 e. The van der Waals surface area contributed by atoms with E-state index in [4.69, 9.17) is 15.0 Å². The number of carboxylic acids is 1. The van der Waals surface area contributed by atoms with Crippen LogP contribution in [0.5, 0.6) is 0 Å². The van der Waals surface area contributed by atoms with E-state index < -0.39 is 12.6 Å². The molecule has 0 aromatic heterocycles. The average molecular weight is 160 g/mol. The Morgan fingerprint density at radius 3 is 2.09 bits per heavy atom. The van der Waals surface area contributed by atoms with Crippen LogP contribution in [-0.2, 0) is 9.53 Å². The molecule has 0 unspecified atom stereocenters. The molecule has 0 amide bonds. The zero-order chi connectivity index (χ0) is 9.11. The lowest BCUT2D eigenvalue weighted by Gasteiger charge is -1.86. The van der Waals surface area contributed by atoms with Crippen molar-refractivity contribution < 1.29 is 19.7 Å². The molecule has 0 aromatic carbocycles. The van der Waals surface area contributed by atoms with Gasteiger partial charge in [-0.15, -0.1) is 0 Å². The molecule has 4 heteroatoms. The maximum Gasteiger partial charge on any atom is 0.329 e. The van der Waals surface area contributed by atoms with E-state index in [1.165, 1.54) is 6.26 Å². The van der Waals surface area contributed by atoms with Crippen molar-refractivity contribution in [1.29, 1.82) is 0 Å². The summed E-state index contributed by atoms with van der Waals surface area (Å²) in [6.45, 7) is 6.53. The van der Waals surface area contributed by atoms with E-state index in [-0.39, 0.29) is 0 Å². The van der Waals surface area contributed by atoms with Gasteiger partial charge in [0.15, 0.2) is 0 Å². The fraction of sp³-hybridized carbons (Fsp3) is 0.286. The molecular formula is C7H12O4. The quantitative estimate of drug-likeness (QED) is 0.355. The first-order valence-corrected chi connectivity index (χ1v) is 2.85. The topological polar surface area (TPSA) is 66.8 Å². The van der Waals surface area contributed by atoms with Crippen LogP contribution in [-0.4, -0.2) is 29.4 Å². The number of aliphatic hydroxyl groups excluding tert-OH is 1. The van der Waals surface area contributed by atoms with E-state index >= 15 is 0 Å². The van der Waals surface area contributed by atoms with Crippen LogP contribution in [0.25, 0.3) is 0 Å². The molecule has 0 bridgehead atoms. The van der Waals surface area contributed by atoms with Crippen molar-refractivity contribution in [3.8, 4) is 0 Å². The number of aliphatic carboxylic acids is 1. The molecule has 0 saturated heterocycles. The van der Waals surface area contributed by atoms with Crippen LogP contribution in [0.3, 0.4) is 0 Å². The van der Waals surface area contributed by atoms with Crippen molar-refractivity contribution in [1.82, 2.24) is 0 Å². The van der Waals surface area contributed by atoms with Crippen LogP contribution in [0.4, 0.5) is 0 Å². The first-order chi connectivity index (χ1) is 5.18. The second-order valence-electron chi connectivity index (χ2n) is 1.34. The average Bonchev–Trinajstić information content (AvgIpc) is 2.02. The fourth-order valence-electron chi connectivity index (χ4n) is 0.136. The van der Waals surface area contributed by atoms with Gasteiger partial charge in [0.25, 0.3) is 0 Å². The monoisotopic (exact) mass is 160 g/mol. The Morgan fingerprint density at radius 1 is 1.55 bits per heavy atom. The van der Waals surface area contributed by atoms with Crippen LogP contribution in [0, 0.1) is 0 Å². The summed E-state index contributed by atoms with van der Waals surface area (Å²) in [6, 6.07) is 0. The highest BCUT2D eigenvalue weighted by molar-refractivity contribution is 5.67. The van der Waals surface area contributed by atoms with E-state index in [2.05, 4.69) is 17.9 Å². The number of aliphatic hydroxyl groups is 1. The first-order valence-electron chi connectivity index (χ1n) is 2.85. The molecule has 0 heterocycles. The minimum absolute atomic E-state index is 0.559. The molecule has 4 nitrogen and oxygen atoms in total. The van der Waals surface area contributed by atoms with Gasteiger partial charge in [-0.1, -0.05) is 19.2 Å². The zero-order valence-electron chi connectivity index (χ0n) is 6.19. The number of carbonyl (C=O) groups is 1. The van der Waals surface area contributed by atoms with E-state index in [0.717, 1.165) is 0 Å². The third-order valence-corrected chi connectivity index (χ3v) is 0.467. The predicted molar refractivity (Wildman–Crippen MR) is 41.1 cm³/mol. The largest absolute Gasteiger partial charge is 0.498 e. The summed E-state index contributed by atoms with van der Waals surface area (Å²) in [5.41, 5.74) is 0. The van der Waals surface area contributed by atoms with Crippen LogP contribution < -0.4 is 0 Å². The summed E-state index contributed by atoms with van der Waals surface area (Å²) >= 11 is 0. The van der Waals surface area contributed by atoms with Crippen LogP contribution in [0.15, 0.2) is 25.5 Å². The number of rotatable bonds is 4. The lowest BCUT2D eigenvalue weighted by molar-refractivity contribution is -0.140. The van der Waals surface area contributed by atoms with Gasteiger partial charge >= 0.3 is 5.97 Å². The van der Waals surface area contributed by atoms with Gasteiger partial charge < -0.3 is 14.9 Å². The van der Waals surface area contributed by atoms with Gasteiger partial charge in [-0.25, -0.2) is 4.79 Å². The Labute approximate surface area is 65.4 Å². The Morgan fingerprint density at radius 2 is 2.00 bits per heavy atom. The lowest BCUT2D eigenvalue weighted by Crippen LogP contribution is -1.98. The number of carboxylic acid groups (broad SMARTS) is 1. The molecular weight excluding hydrogens is 148 g/mol. The van der Waals surface area contributed by atoms with Gasteiger partial charge in [-0.2, -0.15) is 0 Å². The fourth-order valence-corrected chi connectivity index (χ4v) is 0.136. The molecule has 0 rings (SSSR count). The van der Waals surface area contributed by atoms with Crippen molar-refractivity contribution in [2.75, 3.05) is 13.2 Å². The maximum atomic E-state index is 9.12. The summed E-state index contributed by atoms with van der Waals surface area (Å²) in [5, 5.41) is 15.0. The normalized spacial score (nSPS) is 7.00. The van der Waals surface area contributed by atoms with Gasteiger partial charge in [0, 0.05) is 0 Å². The molecule has 0 aliphatic heterocycles. The van der Waals surface area contributed by atoms with Crippen molar-refractivity contribution >= 4 is 5.97 Å². The molecule has 64 valence electrons. The highest BCUT2D eigenvalue weighted by Crippen LogP contribution is 1.69. The van der Waals surface area contributed by atoms with Gasteiger partial charge in [-0.05, 0) is 0 Å². The van der Waals surface area contributed by atoms with Crippen molar-refractivity contribution in [3.63, 3.8) is 0 Å². The Hall–Kier alpha value is -1.29. The van der Waals surface area contributed by atoms with E-state index in [1.807, 2.05) is 0 Å². The number of ether oxygens (including phenoxy) is 1. The Bertz CT molecular complexity index is 112. The summed E-state index contributed by atoms with van der Waals surface area (Å²) in [7, 11) is 0. The van der Waals surface area contributed by atoms with Gasteiger partial charge in [0.05, 0.1) is 6.26 Å². The van der Waals surface area contributed by atoms with Crippen molar-refractivity contribution in [3.05, 3.63) is 25.5 Å². The highest BCUT2D eigenvalue weighted by atomic mass is 16.5. The van der Waals surface area contributed by atoms with Gasteiger partial charge in [0.1, 0.15) is 13.2 Å². The van der Waals surface area contributed by atoms with Gasteiger partial charge in [0.2, 0.25) is 0 Å². The third-order valence-electron chi connectivity index (χ3n) is 0.467. The number of hydrogen-bond acceptors (Lipinski definition) is 3. The van der Waals surface area contributed by atoms with E-state index in [9.17, 15) is 0 Å². The van der Waals surface area contributed by atoms with Crippen LogP contribution >= 0.6 is 0 Å². The lowest BCUT2D eigenvalue weighted by atomic mass is 10.7. The maximum absolute atomic E-state index is 9.12. The third kappa shape index (κ3) is 28.5. The Balaban J connectivity index is 0. The summed E-state index contributed by atoms with van der Waals surface area (Å²) in [6.07, 6.45) is 3.06. The second-order valence-corrected chi connectivity index (χ2v) is 1.34. The minimum Gasteiger partial charge on any atom is -0.498 e. The number of hydrogen-bond donors (Lipinski definition) is 2. The molecule has 11 heavy (non-hydrogen) atoms. The first kappa shape index (κ1) is 12.4. The summed E-state index contributed by atoms with van der Waals surface area (Å²) in [4.78, 5) is 9.12. The standard InChI is InChI=1S/C5H8O.C2H4O3/c1-3-5-6-4-2;3-1-2(4)5/h3-4H,1-2,5H2;3H,1H2,(H,4,5). The summed E-state index contributed by atoms with van der Waals surface area (Å²) < 4.78 is 4.63. The highest BCUT2D eigenvalue weighted by Gasteiger charge is 1.82. The second kappa shape index (κ2) is 11.5. The van der Waals surface area contributed by atoms with E-state index in [1.54, 1.807) is 6.08 Å². The van der Waals surface area contributed by atoms with Crippen LogP contribution in [0.1, 0.15) is 0 Å². The molecule has 0 aliphatic rings. The van der Waals surface area contributed by atoms with Crippen molar-refractivity contribution in [2.24, 2.45) is 0 Å². The molecule has 0 aliphatic carbocycles. The van der Waals surface area contributed by atoms with Crippen LogP contribution in [0.2, 0.25) is 0 Å². The molecule has 0 saturated carbocycles. The Kier molecular flexibility index (Phi) is 13.0. The zero-order valence-corrected chi connectivity index (χ0v) is 6.19. The van der Waals surface area contributed by atoms with Gasteiger partial charge in [-0.3, -0.25) is 0 Å². The molecule has 0 atom stereocenters. The SMILES string of the molecule is C=CCOC=C.O=C(O)CO. The summed E-state index contributed by atoms with van der Waals surface area (Å²) in [5.74, 6) is -1.19. The molecule has 0 radical (unpaired) electrons. The minimum atomic E-state index is -1.19. The predicted octanol–water partition coefficient (Wildman–Crippen LogP) is 0.396. The molecule has 2 N–H and O–H groups in total.